The van der Waals surface area contributed by atoms with Crippen LogP contribution < -0.4 is 10.1 Å². The molecule has 0 radical (unpaired) electrons. The smallest absolute Gasteiger partial charge is 0.312 e. The average molecular weight is 503 g/mol. The number of esters is 1. The van der Waals surface area contributed by atoms with Crippen LogP contribution in [-0.4, -0.2) is 41.4 Å². The van der Waals surface area contributed by atoms with Crippen molar-refractivity contribution in [2.45, 2.75) is 25.4 Å². The highest BCUT2D eigenvalue weighted by molar-refractivity contribution is 9.10. The van der Waals surface area contributed by atoms with Gasteiger partial charge in [0.15, 0.2) is 0 Å². The molecule has 2 amide bonds. The van der Waals surface area contributed by atoms with Gasteiger partial charge in [-0.1, -0.05) is 15.9 Å². The van der Waals surface area contributed by atoms with E-state index in [1.54, 1.807) is 19.9 Å². The number of ether oxygens (including phenoxy) is 2. The van der Waals surface area contributed by atoms with Gasteiger partial charge in [-0.2, -0.15) is 0 Å². The van der Waals surface area contributed by atoms with Gasteiger partial charge < -0.3 is 19.7 Å². The zero-order chi connectivity index (χ0) is 22.8. The Bertz CT molecular complexity index is 1170. The van der Waals surface area contributed by atoms with Gasteiger partial charge in [0, 0.05) is 16.0 Å². The summed E-state index contributed by atoms with van der Waals surface area (Å²) in [6.07, 6.45) is 0. The molecule has 4 atom stereocenters. The second-order valence-electron chi connectivity index (χ2n) is 8.30. The molecule has 0 aromatic heterocycles. The third kappa shape index (κ3) is 2.80. The summed E-state index contributed by atoms with van der Waals surface area (Å²) >= 11 is 3.46. The molecule has 3 aliphatic heterocycles. The second kappa shape index (κ2) is 7.30. The first-order chi connectivity index (χ1) is 15.3. The Balaban J connectivity index is 1.76. The van der Waals surface area contributed by atoms with E-state index < -0.39 is 47.0 Å². The van der Waals surface area contributed by atoms with Crippen LogP contribution in [0.1, 0.15) is 35.8 Å². The number of benzene rings is 2. The fourth-order valence-corrected chi connectivity index (χ4v) is 5.64. The van der Waals surface area contributed by atoms with Gasteiger partial charge in [-0.15, -0.1) is 0 Å². The molecule has 1 saturated heterocycles. The maximum atomic E-state index is 13.9. The molecule has 32 heavy (non-hydrogen) atoms. The molecule has 0 unspecified atom stereocenters. The van der Waals surface area contributed by atoms with Crippen molar-refractivity contribution in [3.8, 4) is 5.75 Å². The van der Waals surface area contributed by atoms with Crippen LogP contribution in [0.2, 0.25) is 0 Å². The minimum atomic E-state index is -1.57. The molecule has 0 spiro atoms. The minimum Gasteiger partial charge on any atom is -0.493 e. The number of hydrogen-bond donors (Lipinski definition) is 1. The molecule has 0 aliphatic carbocycles. The quantitative estimate of drug-likeness (QED) is 0.633. The number of halogens is 2. The van der Waals surface area contributed by atoms with Crippen LogP contribution in [0.4, 0.5) is 10.1 Å². The molecule has 1 fully saturated rings. The minimum absolute atomic E-state index is 0.0799. The number of amides is 2. The molecule has 5 rings (SSSR count). The van der Waals surface area contributed by atoms with Crippen molar-refractivity contribution >= 4 is 39.4 Å². The van der Waals surface area contributed by atoms with Gasteiger partial charge >= 0.3 is 5.97 Å². The second-order valence-corrected chi connectivity index (χ2v) is 9.21. The highest BCUT2D eigenvalue weighted by Gasteiger charge is 2.67. The molecule has 3 aliphatic rings. The Morgan fingerprint density at radius 2 is 2.09 bits per heavy atom. The van der Waals surface area contributed by atoms with Gasteiger partial charge in [0.05, 0.1) is 36.4 Å². The number of carbonyl (C=O) groups excluding carboxylic acids is 3. The monoisotopic (exact) mass is 502 g/mol. The number of anilines is 1. The lowest BCUT2D eigenvalue weighted by molar-refractivity contribution is -0.155. The summed E-state index contributed by atoms with van der Waals surface area (Å²) in [5, 5.41) is 2.68. The van der Waals surface area contributed by atoms with E-state index in [-0.39, 0.29) is 24.5 Å². The van der Waals surface area contributed by atoms with Crippen molar-refractivity contribution in [2.75, 3.05) is 18.5 Å². The van der Waals surface area contributed by atoms with E-state index >= 15 is 0 Å². The van der Waals surface area contributed by atoms with Crippen LogP contribution in [0.3, 0.4) is 0 Å². The first kappa shape index (κ1) is 20.9. The molecule has 3 heterocycles. The summed E-state index contributed by atoms with van der Waals surface area (Å²) in [5.74, 6) is -3.08. The third-order valence-electron chi connectivity index (χ3n) is 6.62. The van der Waals surface area contributed by atoms with Gasteiger partial charge in [-0.3, -0.25) is 14.4 Å². The summed E-state index contributed by atoms with van der Waals surface area (Å²) < 4.78 is 26.0. The lowest BCUT2D eigenvalue weighted by Gasteiger charge is -2.38. The normalized spacial score (nSPS) is 27.9. The van der Waals surface area contributed by atoms with Crippen molar-refractivity contribution < 1.29 is 28.2 Å². The third-order valence-corrected chi connectivity index (χ3v) is 7.11. The molecule has 0 bridgehead atoms. The van der Waals surface area contributed by atoms with E-state index in [2.05, 4.69) is 21.2 Å². The number of nitrogens with zero attached hydrogens (tertiary/aromatic N) is 1. The highest BCUT2D eigenvalue weighted by atomic mass is 79.9. The van der Waals surface area contributed by atoms with E-state index in [9.17, 15) is 18.8 Å². The van der Waals surface area contributed by atoms with E-state index in [1.165, 1.54) is 17.0 Å². The Morgan fingerprint density at radius 1 is 1.31 bits per heavy atom. The molecule has 2 aromatic carbocycles. The molecular weight excluding hydrogens is 483 g/mol. The van der Waals surface area contributed by atoms with Crippen LogP contribution >= 0.6 is 15.9 Å². The van der Waals surface area contributed by atoms with E-state index in [0.29, 0.717) is 11.3 Å². The molecular formula is C23H20BrFN2O5. The van der Waals surface area contributed by atoms with Crippen molar-refractivity contribution in [3.05, 3.63) is 57.8 Å². The number of nitrogens with one attached hydrogen (secondary N) is 1. The van der Waals surface area contributed by atoms with Crippen LogP contribution in [-0.2, 0) is 14.3 Å². The first-order valence-corrected chi connectivity index (χ1v) is 11.1. The molecule has 0 saturated carbocycles. The Morgan fingerprint density at radius 3 is 2.84 bits per heavy atom. The van der Waals surface area contributed by atoms with Gasteiger partial charge in [-0.05, 0) is 50.2 Å². The van der Waals surface area contributed by atoms with Crippen molar-refractivity contribution in [2.24, 2.45) is 11.8 Å². The zero-order valence-electron chi connectivity index (χ0n) is 17.4. The number of hydrogen-bond acceptors (Lipinski definition) is 5. The van der Waals surface area contributed by atoms with E-state index in [1.807, 2.05) is 12.1 Å². The molecule has 2 aromatic rings. The van der Waals surface area contributed by atoms with Crippen LogP contribution in [0.25, 0.3) is 0 Å². The van der Waals surface area contributed by atoms with Gasteiger partial charge in [-0.25, -0.2) is 4.39 Å². The van der Waals surface area contributed by atoms with E-state index in [0.717, 1.165) is 10.5 Å². The fourth-order valence-electron chi connectivity index (χ4n) is 5.26. The molecule has 166 valence electrons. The van der Waals surface area contributed by atoms with Gasteiger partial charge in [0.2, 0.25) is 0 Å². The predicted octanol–water partition coefficient (Wildman–Crippen LogP) is 3.68. The molecule has 1 N–H and O–H groups in total. The summed E-state index contributed by atoms with van der Waals surface area (Å²) in [6.45, 7) is 3.53. The van der Waals surface area contributed by atoms with Crippen LogP contribution in [0.15, 0.2) is 40.9 Å². The SMILES string of the molecule is CCOC(=O)[C@H]1[C@H]2COc3ccc(Br)cc3[C@@H]2N2C(=O)c3ccc(F)cc3NC(=O)[C@@]12C. The Hall–Kier alpha value is -2.94. The lowest BCUT2D eigenvalue weighted by Crippen LogP contribution is -2.57. The summed E-state index contributed by atoms with van der Waals surface area (Å²) in [7, 11) is 0. The Kier molecular flexibility index (Phi) is 4.77. The molecule has 7 nitrogen and oxygen atoms in total. The summed E-state index contributed by atoms with van der Waals surface area (Å²) in [4.78, 5) is 42.1. The van der Waals surface area contributed by atoms with Crippen molar-refractivity contribution in [3.63, 3.8) is 0 Å². The highest BCUT2D eigenvalue weighted by Crippen LogP contribution is 2.57. The van der Waals surface area contributed by atoms with Gasteiger partial charge in [0.1, 0.15) is 17.1 Å². The predicted molar refractivity (Wildman–Crippen MR) is 116 cm³/mol. The first-order valence-electron chi connectivity index (χ1n) is 10.3. The van der Waals surface area contributed by atoms with Crippen molar-refractivity contribution in [1.82, 2.24) is 4.90 Å². The number of fused-ring (bicyclic) bond motifs is 6. The topological polar surface area (TPSA) is 84.9 Å². The largest absolute Gasteiger partial charge is 0.493 e. The fraction of sp³-hybridized carbons (Fsp3) is 0.348. The average Bonchev–Trinajstić information content (AvgIpc) is 2.99. The number of carbonyl (C=O) groups is 3. The maximum absolute atomic E-state index is 13.9. The van der Waals surface area contributed by atoms with E-state index in [4.69, 9.17) is 9.47 Å². The summed E-state index contributed by atoms with van der Waals surface area (Å²) in [6, 6.07) is 8.49. The maximum Gasteiger partial charge on any atom is 0.312 e. The van der Waals surface area contributed by atoms with Crippen molar-refractivity contribution in [1.29, 1.82) is 0 Å². The standard InChI is InChI=1S/C23H20BrFN2O5/c1-3-31-21(29)18-15-10-32-17-7-4-11(24)8-14(17)19(15)27-20(28)13-6-5-12(25)9-16(13)26-22(30)23(18,27)2/h4-9,15,18-19H,3,10H2,1-2H3,(H,26,30)/t15-,18-,19+,23-/m1/s1. The molecule has 9 heteroatoms. The lowest BCUT2D eigenvalue weighted by atomic mass is 9.77. The van der Waals surface area contributed by atoms with Crippen LogP contribution in [0, 0.1) is 17.7 Å². The van der Waals surface area contributed by atoms with Crippen LogP contribution in [0.5, 0.6) is 5.75 Å². The Labute approximate surface area is 192 Å². The number of rotatable bonds is 2. The van der Waals surface area contributed by atoms with Gasteiger partial charge in [0.25, 0.3) is 11.8 Å². The zero-order valence-corrected chi connectivity index (χ0v) is 18.9. The summed E-state index contributed by atoms with van der Waals surface area (Å²) in [5.41, 5.74) is -0.631.